The fraction of sp³-hybridized carbons (Fsp3) is 0.125. The molecule has 0 aliphatic rings. The van der Waals surface area contributed by atoms with Crippen LogP contribution in [0.4, 0.5) is 0 Å². The fourth-order valence-corrected chi connectivity index (χ4v) is 1.51. The van der Waals surface area contributed by atoms with E-state index in [0.29, 0.717) is 0 Å². The zero-order valence-electron chi connectivity index (χ0n) is 6.37. The van der Waals surface area contributed by atoms with E-state index in [1.54, 1.807) is 13.3 Å². The maximum Gasteiger partial charge on any atom is 0.168 e. The van der Waals surface area contributed by atoms with Crippen molar-refractivity contribution in [2.75, 3.05) is 7.11 Å². The van der Waals surface area contributed by atoms with Crippen LogP contribution in [-0.2, 0) is 0 Å². The maximum absolute atomic E-state index is 5.11. The lowest BCUT2D eigenvalue weighted by Gasteiger charge is -2.00. The molecule has 0 aliphatic heterocycles. The van der Waals surface area contributed by atoms with Gasteiger partial charge in [0.1, 0.15) is 5.75 Å². The fourth-order valence-electron chi connectivity index (χ4n) is 1.03. The van der Waals surface area contributed by atoms with Crippen molar-refractivity contribution in [3.8, 4) is 5.75 Å². The Kier molecular flexibility index (Phi) is 1.77. The molecule has 0 N–H and O–H groups in total. The summed E-state index contributed by atoms with van der Waals surface area (Å²) >= 11 is 3.35. The molecule has 2 aromatic rings. The van der Waals surface area contributed by atoms with Gasteiger partial charge in [-0.25, -0.2) is 0 Å². The summed E-state index contributed by atoms with van der Waals surface area (Å²) in [4.78, 5) is 0. The highest BCUT2D eigenvalue weighted by Gasteiger charge is 2.04. The van der Waals surface area contributed by atoms with Gasteiger partial charge in [0, 0.05) is 11.5 Å². The van der Waals surface area contributed by atoms with E-state index in [0.717, 1.165) is 21.2 Å². The van der Waals surface area contributed by atoms with Gasteiger partial charge in [-0.2, -0.15) is 0 Å². The first kappa shape index (κ1) is 7.61. The van der Waals surface area contributed by atoms with Crippen LogP contribution in [0.5, 0.6) is 5.75 Å². The molecule has 0 aliphatic carbocycles. The van der Waals surface area contributed by atoms with Gasteiger partial charge < -0.3 is 9.26 Å². The van der Waals surface area contributed by atoms with Crippen molar-refractivity contribution in [3.63, 3.8) is 0 Å². The average molecular weight is 228 g/mol. The van der Waals surface area contributed by atoms with Crippen molar-refractivity contribution in [1.29, 1.82) is 0 Å². The minimum Gasteiger partial charge on any atom is -0.496 e. The van der Waals surface area contributed by atoms with E-state index in [1.165, 1.54) is 0 Å². The number of ether oxygens (including phenoxy) is 1. The van der Waals surface area contributed by atoms with Crippen LogP contribution in [0.1, 0.15) is 0 Å². The van der Waals surface area contributed by atoms with Crippen molar-refractivity contribution < 1.29 is 9.26 Å². The first-order valence-electron chi connectivity index (χ1n) is 3.39. The van der Waals surface area contributed by atoms with E-state index in [4.69, 9.17) is 9.26 Å². The molecule has 3 nitrogen and oxygen atoms in total. The standard InChI is InChI=1S/C8H6BrNO2/c1-11-8-2-5-4-10-12-7(5)3-6(8)9/h2-4H,1H3. The molecule has 1 heterocycles. The van der Waals surface area contributed by atoms with Crippen molar-refractivity contribution >= 4 is 26.9 Å². The van der Waals surface area contributed by atoms with E-state index in [-0.39, 0.29) is 0 Å². The van der Waals surface area contributed by atoms with E-state index in [1.807, 2.05) is 12.1 Å². The molecular formula is C8H6BrNO2. The highest BCUT2D eigenvalue weighted by molar-refractivity contribution is 9.10. The second kappa shape index (κ2) is 2.79. The highest BCUT2D eigenvalue weighted by Crippen LogP contribution is 2.29. The number of benzene rings is 1. The van der Waals surface area contributed by atoms with Gasteiger partial charge in [0.2, 0.25) is 0 Å². The summed E-state index contributed by atoms with van der Waals surface area (Å²) in [6, 6.07) is 3.71. The van der Waals surface area contributed by atoms with Crippen LogP contribution < -0.4 is 4.74 Å². The number of aromatic nitrogens is 1. The van der Waals surface area contributed by atoms with Gasteiger partial charge >= 0.3 is 0 Å². The molecule has 0 atom stereocenters. The molecular weight excluding hydrogens is 222 g/mol. The van der Waals surface area contributed by atoms with Crippen LogP contribution in [0.15, 0.2) is 27.3 Å². The van der Waals surface area contributed by atoms with E-state index in [9.17, 15) is 0 Å². The normalized spacial score (nSPS) is 10.5. The van der Waals surface area contributed by atoms with Gasteiger partial charge in [-0.05, 0) is 22.0 Å². The van der Waals surface area contributed by atoms with Crippen molar-refractivity contribution in [2.45, 2.75) is 0 Å². The highest BCUT2D eigenvalue weighted by atomic mass is 79.9. The number of nitrogens with zero attached hydrogens (tertiary/aromatic N) is 1. The second-order valence-electron chi connectivity index (χ2n) is 2.35. The molecule has 0 amide bonds. The lowest BCUT2D eigenvalue weighted by Crippen LogP contribution is -1.82. The van der Waals surface area contributed by atoms with Crippen LogP contribution in [0.25, 0.3) is 11.0 Å². The van der Waals surface area contributed by atoms with Gasteiger partial charge in [0.05, 0.1) is 17.8 Å². The van der Waals surface area contributed by atoms with Crippen LogP contribution in [-0.4, -0.2) is 12.3 Å². The summed E-state index contributed by atoms with van der Waals surface area (Å²) in [5, 5.41) is 4.61. The lowest BCUT2D eigenvalue weighted by atomic mass is 10.2. The number of hydrogen-bond donors (Lipinski definition) is 0. The molecule has 12 heavy (non-hydrogen) atoms. The quantitative estimate of drug-likeness (QED) is 0.752. The second-order valence-corrected chi connectivity index (χ2v) is 3.20. The zero-order valence-corrected chi connectivity index (χ0v) is 7.96. The first-order valence-corrected chi connectivity index (χ1v) is 4.18. The summed E-state index contributed by atoms with van der Waals surface area (Å²) in [6.45, 7) is 0. The zero-order chi connectivity index (χ0) is 8.55. The predicted octanol–water partition coefficient (Wildman–Crippen LogP) is 2.60. The third-order valence-corrected chi connectivity index (χ3v) is 2.25. The number of hydrogen-bond acceptors (Lipinski definition) is 3. The van der Waals surface area contributed by atoms with Gasteiger partial charge in [0.25, 0.3) is 0 Å². The SMILES string of the molecule is COc1cc2cnoc2cc1Br. The Balaban J connectivity index is 2.73. The van der Waals surface area contributed by atoms with Crippen LogP contribution in [0, 0.1) is 0 Å². The molecule has 0 spiro atoms. The third-order valence-electron chi connectivity index (χ3n) is 1.63. The number of methoxy groups -OCH3 is 1. The van der Waals surface area contributed by atoms with Gasteiger partial charge in [-0.15, -0.1) is 0 Å². The summed E-state index contributed by atoms with van der Waals surface area (Å²) in [5.74, 6) is 0.783. The van der Waals surface area contributed by atoms with E-state index < -0.39 is 0 Å². The van der Waals surface area contributed by atoms with E-state index >= 15 is 0 Å². The monoisotopic (exact) mass is 227 g/mol. The van der Waals surface area contributed by atoms with Crippen molar-refractivity contribution in [1.82, 2.24) is 5.16 Å². The van der Waals surface area contributed by atoms with Gasteiger partial charge in [-0.1, -0.05) is 5.16 Å². The third kappa shape index (κ3) is 1.08. The summed E-state index contributed by atoms with van der Waals surface area (Å²) in [7, 11) is 1.62. The Morgan fingerprint density at radius 1 is 1.50 bits per heavy atom. The minimum atomic E-state index is 0.752. The predicted molar refractivity (Wildman–Crippen MR) is 48.3 cm³/mol. The molecule has 0 saturated heterocycles. The Labute approximate surface area is 77.4 Å². The Morgan fingerprint density at radius 3 is 3.08 bits per heavy atom. The number of halogens is 1. The molecule has 0 saturated carbocycles. The van der Waals surface area contributed by atoms with Crippen LogP contribution in [0.2, 0.25) is 0 Å². The van der Waals surface area contributed by atoms with E-state index in [2.05, 4.69) is 21.1 Å². The Morgan fingerprint density at radius 2 is 2.33 bits per heavy atom. The average Bonchev–Trinajstić information content (AvgIpc) is 2.49. The summed E-state index contributed by atoms with van der Waals surface area (Å²) < 4.78 is 10.9. The molecule has 62 valence electrons. The van der Waals surface area contributed by atoms with Crippen LogP contribution in [0.3, 0.4) is 0 Å². The maximum atomic E-state index is 5.11. The molecule has 0 fully saturated rings. The lowest BCUT2D eigenvalue weighted by molar-refractivity contribution is 0.412. The Bertz CT molecular complexity index is 410. The summed E-state index contributed by atoms with van der Waals surface area (Å²) in [5.41, 5.74) is 0.752. The molecule has 0 bridgehead atoms. The molecule has 4 heteroatoms. The molecule has 2 rings (SSSR count). The number of fused-ring (bicyclic) bond motifs is 1. The molecule has 0 radical (unpaired) electrons. The molecule has 0 unspecified atom stereocenters. The minimum absolute atomic E-state index is 0.752. The topological polar surface area (TPSA) is 35.3 Å². The summed E-state index contributed by atoms with van der Waals surface area (Å²) in [6.07, 6.45) is 1.66. The van der Waals surface area contributed by atoms with Gasteiger partial charge in [-0.3, -0.25) is 0 Å². The molecule has 1 aromatic heterocycles. The Hall–Kier alpha value is -1.03. The van der Waals surface area contributed by atoms with Crippen LogP contribution >= 0.6 is 15.9 Å². The largest absolute Gasteiger partial charge is 0.496 e. The number of rotatable bonds is 1. The smallest absolute Gasteiger partial charge is 0.168 e. The van der Waals surface area contributed by atoms with Crippen molar-refractivity contribution in [2.24, 2.45) is 0 Å². The first-order chi connectivity index (χ1) is 5.81. The van der Waals surface area contributed by atoms with Crippen molar-refractivity contribution in [3.05, 3.63) is 22.8 Å². The van der Waals surface area contributed by atoms with Gasteiger partial charge in [0.15, 0.2) is 5.58 Å². The molecule has 1 aromatic carbocycles.